The SMILES string of the molecule is C=CCn1nc(C(=O)Nc2nc3cc(C(N)=O)ccc3n2CCCCn2c(NC(=O)c3cc(C)n(CC=C)n3)nc3cc(C(N)=O)ccc32)cc1C. The summed E-state index contributed by atoms with van der Waals surface area (Å²) in [6.07, 6.45) is 4.60. The highest BCUT2D eigenvalue weighted by Gasteiger charge is 2.20. The maximum Gasteiger partial charge on any atom is 0.278 e. The van der Waals surface area contributed by atoms with Crippen molar-refractivity contribution in [2.45, 2.75) is 52.9 Å². The molecule has 266 valence electrons. The number of nitrogens with zero attached hydrogens (tertiary/aromatic N) is 8. The predicted octanol–water partition coefficient (Wildman–Crippen LogP) is 3.95. The molecule has 0 radical (unpaired) electrons. The first-order chi connectivity index (χ1) is 25.0. The molecule has 4 amide bonds. The maximum atomic E-state index is 13.3. The molecule has 6 rings (SSSR count). The van der Waals surface area contributed by atoms with Crippen molar-refractivity contribution in [3.8, 4) is 0 Å². The minimum atomic E-state index is -0.594. The number of nitrogens with two attached hydrogens (primary N) is 2. The number of rotatable bonds is 15. The van der Waals surface area contributed by atoms with Crippen molar-refractivity contribution < 1.29 is 19.2 Å². The maximum absolute atomic E-state index is 13.3. The lowest BCUT2D eigenvalue weighted by Gasteiger charge is -2.12. The van der Waals surface area contributed by atoms with Crippen LogP contribution < -0.4 is 22.1 Å². The summed E-state index contributed by atoms with van der Waals surface area (Å²) in [4.78, 5) is 59.7. The zero-order valence-corrected chi connectivity index (χ0v) is 28.8. The highest BCUT2D eigenvalue weighted by molar-refractivity contribution is 6.04. The van der Waals surface area contributed by atoms with Gasteiger partial charge in [-0.15, -0.1) is 13.2 Å². The predicted molar refractivity (Wildman–Crippen MR) is 196 cm³/mol. The van der Waals surface area contributed by atoms with Gasteiger partial charge < -0.3 is 20.6 Å². The molecule has 4 heterocycles. The average Bonchev–Trinajstić information content (AvgIpc) is 3.86. The molecule has 0 unspecified atom stereocenters. The topological polar surface area (TPSA) is 216 Å². The number of imidazole rings is 2. The van der Waals surface area contributed by atoms with Crippen LogP contribution >= 0.6 is 0 Å². The standard InChI is InChI=1S/C36H38N12O4/c1-5-13-47-21(3)17-27(43-47)33(51)41-35-39-25-19-23(31(37)49)9-11-29(25)45(35)15-7-8-16-46-30-12-10-24(32(38)50)20-26(30)40-36(46)42-34(52)28-18-22(4)48(44-28)14-6-2/h5-6,9-12,17-20H,1-2,7-8,13-16H2,3-4H3,(H2,37,49)(H2,38,50)(H,39,41,51)(H,40,42,52). The van der Waals surface area contributed by atoms with Crippen LogP contribution in [0.15, 0.2) is 73.8 Å². The molecule has 6 N–H and O–H groups in total. The van der Waals surface area contributed by atoms with Gasteiger partial charge in [-0.05, 0) is 75.2 Å². The Morgan fingerprint density at radius 2 is 1.08 bits per heavy atom. The molecule has 0 saturated heterocycles. The van der Waals surface area contributed by atoms with E-state index in [4.69, 9.17) is 11.5 Å². The van der Waals surface area contributed by atoms with Gasteiger partial charge in [0.15, 0.2) is 11.4 Å². The van der Waals surface area contributed by atoms with Crippen LogP contribution in [0, 0.1) is 13.8 Å². The molecule has 0 spiro atoms. The molecule has 0 aliphatic carbocycles. The van der Waals surface area contributed by atoms with Crippen molar-refractivity contribution in [3.05, 3.63) is 108 Å². The Bertz CT molecular complexity index is 2230. The van der Waals surface area contributed by atoms with E-state index in [0.29, 0.717) is 61.1 Å². The summed E-state index contributed by atoms with van der Waals surface area (Å²) < 4.78 is 7.07. The lowest BCUT2D eigenvalue weighted by Crippen LogP contribution is -2.18. The molecule has 4 aromatic heterocycles. The molecule has 2 aromatic carbocycles. The third-order valence-corrected chi connectivity index (χ3v) is 8.56. The number of primary amides is 2. The third-order valence-electron chi connectivity index (χ3n) is 8.56. The van der Waals surface area contributed by atoms with Gasteiger partial charge in [-0.2, -0.15) is 10.2 Å². The van der Waals surface area contributed by atoms with Crippen molar-refractivity contribution in [2.24, 2.45) is 11.5 Å². The number of aryl methyl sites for hydroxylation is 4. The summed E-state index contributed by atoms with van der Waals surface area (Å²) in [5.74, 6) is -1.51. The van der Waals surface area contributed by atoms with Crippen molar-refractivity contribution in [1.29, 1.82) is 0 Å². The molecule has 0 atom stereocenters. The quantitative estimate of drug-likeness (QED) is 0.0905. The first kappa shape index (κ1) is 35.0. The second-order valence-corrected chi connectivity index (χ2v) is 12.2. The molecular weight excluding hydrogens is 664 g/mol. The summed E-state index contributed by atoms with van der Waals surface area (Å²) in [5.41, 5.74) is 16.0. The number of nitrogens with one attached hydrogen (secondary N) is 2. The number of anilines is 2. The van der Waals surface area contributed by atoms with Crippen LogP contribution in [0.3, 0.4) is 0 Å². The molecule has 0 saturated carbocycles. The Balaban J connectivity index is 1.25. The first-order valence-corrected chi connectivity index (χ1v) is 16.5. The van der Waals surface area contributed by atoms with E-state index in [1.54, 1.807) is 70.0 Å². The van der Waals surface area contributed by atoms with Crippen LogP contribution in [0.2, 0.25) is 0 Å². The molecule has 0 fully saturated rings. The second-order valence-electron chi connectivity index (χ2n) is 12.2. The second kappa shape index (κ2) is 14.6. The van der Waals surface area contributed by atoms with E-state index in [1.165, 1.54) is 0 Å². The van der Waals surface area contributed by atoms with E-state index >= 15 is 0 Å². The van der Waals surface area contributed by atoms with Crippen molar-refractivity contribution >= 4 is 57.6 Å². The summed E-state index contributed by atoms with van der Waals surface area (Å²) in [7, 11) is 0. The minimum absolute atomic E-state index is 0.222. The largest absolute Gasteiger partial charge is 0.366 e. The van der Waals surface area contributed by atoms with Gasteiger partial charge in [-0.3, -0.25) is 39.2 Å². The molecule has 52 heavy (non-hydrogen) atoms. The van der Waals surface area contributed by atoms with Crippen LogP contribution in [0.4, 0.5) is 11.9 Å². The Morgan fingerprint density at radius 3 is 1.44 bits per heavy atom. The van der Waals surface area contributed by atoms with Crippen LogP contribution in [-0.2, 0) is 26.2 Å². The fourth-order valence-corrected chi connectivity index (χ4v) is 5.94. The van der Waals surface area contributed by atoms with E-state index in [-0.39, 0.29) is 34.4 Å². The molecule has 16 heteroatoms. The van der Waals surface area contributed by atoms with E-state index in [2.05, 4.69) is 44.0 Å². The van der Waals surface area contributed by atoms with E-state index in [1.807, 2.05) is 23.0 Å². The number of benzene rings is 2. The van der Waals surface area contributed by atoms with E-state index < -0.39 is 23.6 Å². The Morgan fingerprint density at radius 1 is 0.673 bits per heavy atom. The number of allylic oxidation sites excluding steroid dienone is 2. The number of carbonyl (C=O) groups is 4. The van der Waals surface area contributed by atoms with Crippen molar-refractivity contribution in [2.75, 3.05) is 10.6 Å². The minimum Gasteiger partial charge on any atom is -0.366 e. The monoisotopic (exact) mass is 702 g/mol. The molecule has 0 aliphatic rings. The van der Waals surface area contributed by atoms with Crippen LogP contribution in [0.25, 0.3) is 22.1 Å². The molecular formula is C36H38N12O4. The Labute approximate surface area is 297 Å². The first-order valence-electron chi connectivity index (χ1n) is 16.5. The van der Waals surface area contributed by atoms with E-state index in [9.17, 15) is 19.2 Å². The van der Waals surface area contributed by atoms with Gasteiger partial charge in [-0.1, -0.05) is 12.2 Å². The number of hydrogen-bond acceptors (Lipinski definition) is 8. The summed E-state index contributed by atoms with van der Waals surface area (Å²) in [5, 5.41) is 14.5. The van der Waals surface area contributed by atoms with Crippen LogP contribution in [0.5, 0.6) is 0 Å². The van der Waals surface area contributed by atoms with Gasteiger partial charge in [-0.25, -0.2) is 9.97 Å². The van der Waals surface area contributed by atoms with Gasteiger partial charge in [0.05, 0.1) is 35.2 Å². The van der Waals surface area contributed by atoms with Gasteiger partial charge in [0.25, 0.3) is 11.8 Å². The fourth-order valence-electron chi connectivity index (χ4n) is 5.94. The lowest BCUT2D eigenvalue weighted by atomic mass is 10.2. The van der Waals surface area contributed by atoms with Crippen LogP contribution in [-0.4, -0.2) is 62.3 Å². The van der Waals surface area contributed by atoms with Crippen LogP contribution in [0.1, 0.15) is 65.9 Å². The highest BCUT2D eigenvalue weighted by atomic mass is 16.2. The smallest absolute Gasteiger partial charge is 0.278 e. The summed E-state index contributed by atoms with van der Waals surface area (Å²) in [6, 6.07) is 13.3. The number of carbonyl (C=O) groups excluding carboxylic acids is 4. The summed E-state index contributed by atoms with van der Waals surface area (Å²) in [6.45, 7) is 13.0. The molecule has 0 bridgehead atoms. The zero-order valence-electron chi connectivity index (χ0n) is 28.8. The van der Waals surface area contributed by atoms with Gasteiger partial charge >= 0.3 is 0 Å². The van der Waals surface area contributed by atoms with Crippen molar-refractivity contribution in [1.82, 2.24) is 38.7 Å². The Kier molecular flexibility index (Phi) is 9.80. The number of hydrogen-bond donors (Lipinski definition) is 4. The number of fused-ring (bicyclic) bond motifs is 2. The van der Waals surface area contributed by atoms with Gasteiger partial charge in [0.1, 0.15) is 0 Å². The number of unbranched alkanes of at least 4 members (excludes halogenated alkanes) is 1. The lowest BCUT2D eigenvalue weighted by molar-refractivity contribution is 0.0992. The van der Waals surface area contributed by atoms with Gasteiger partial charge in [0, 0.05) is 35.6 Å². The van der Waals surface area contributed by atoms with Crippen molar-refractivity contribution in [3.63, 3.8) is 0 Å². The molecule has 16 nitrogen and oxygen atoms in total. The normalized spacial score (nSPS) is 11.2. The summed E-state index contributed by atoms with van der Waals surface area (Å²) >= 11 is 0. The van der Waals surface area contributed by atoms with E-state index in [0.717, 1.165) is 11.4 Å². The Hall–Kier alpha value is -6.84. The number of aromatic nitrogens is 8. The highest BCUT2D eigenvalue weighted by Crippen LogP contribution is 2.25. The zero-order chi connectivity index (χ0) is 37.1. The average molecular weight is 703 g/mol. The van der Waals surface area contributed by atoms with Gasteiger partial charge in [0.2, 0.25) is 23.7 Å². The number of amides is 4. The molecule has 6 aromatic rings. The molecule has 0 aliphatic heterocycles. The third kappa shape index (κ3) is 7.07. The fraction of sp³-hybridized carbons (Fsp3) is 0.222.